The molecule has 0 saturated carbocycles. The molecule has 2 rings (SSSR count). The Kier molecular flexibility index (Phi) is 5.70. The lowest BCUT2D eigenvalue weighted by Gasteiger charge is -2.29. The van der Waals surface area contributed by atoms with E-state index in [0.29, 0.717) is 21.4 Å². The third kappa shape index (κ3) is 4.23. The molecular weight excluding hydrogens is 329 g/mol. The summed E-state index contributed by atoms with van der Waals surface area (Å²) in [5, 5.41) is 16.1. The summed E-state index contributed by atoms with van der Waals surface area (Å²) in [4.78, 5) is 3.90. The number of hydrogen-bond donors (Lipinski definition) is 1. The van der Waals surface area contributed by atoms with Crippen LogP contribution >= 0.6 is 35.0 Å². The second kappa shape index (κ2) is 7.31. The number of rotatable bonds is 7. The van der Waals surface area contributed by atoms with Gasteiger partial charge in [0, 0.05) is 27.1 Å². The highest BCUT2D eigenvalue weighted by molar-refractivity contribution is 7.99. The van der Waals surface area contributed by atoms with E-state index in [9.17, 15) is 5.11 Å². The summed E-state index contributed by atoms with van der Waals surface area (Å²) in [6, 6.07) is 5.09. The summed E-state index contributed by atoms with van der Waals surface area (Å²) in [6.45, 7) is 3.95. The van der Waals surface area contributed by atoms with Gasteiger partial charge in [0.1, 0.15) is 18.3 Å². The number of halogens is 2. The van der Waals surface area contributed by atoms with Crippen LogP contribution in [0.5, 0.6) is 0 Å². The SMILES string of the molecule is C=CCSCC(O)(Cn1cncn1)c1ccc(Cl)cc1Cl. The Bertz CT molecular complexity index is 606. The summed E-state index contributed by atoms with van der Waals surface area (Å²) in [5.41, 5.74) is -0.538. The quantitative estimate of drug-likeness (QED) is 0.618. The van der Waals surface area contributed by atoms with E-state index in [2.05, 4.69) is 16.7 Å². The van der Waals surface area contributed by atoms with Crippen LogP contribution in [0.1, 0.15) is 5.56 Å². The standard InChI is InChI=1S/C14H15Cl2N3OS/c1-2-5-21-8-14(20,7-19-10-17-9-18-19)12-4-3-11(15)6-13(12)16/h2-4,6,9-10,20H,1,5,7-8H2. The third-order valence-electron chi connectivity index (χ3n) is 2.90. The van der Waals surface area contributed by atoms with E-state index in [1.165, 1.54) is 6.33 Å². The van der Waals surface area contributed by atoms with Crippen molar-refractivity contribution in [2.75, 3.05) is 11.5 Å². The van der Waals surface area contributed by atoms with Crippen LogP contribution in [0.15, 0.2) is 43.5 Å². The second-order valence-corrected chi connectivity index (χ2v) is 6.43. The normalized spacial score (nSPS) is 13.9. The van der Waals surface area contributed by atoms with Gasteiger partial charge in [0.05, 0.1) is 6.54 Å². The lowest BCUT2D eigenvalue weighted by atomic mass is 9.95. The van der Waals surface area contributed by atoms with E-state index in [0.717, 1.165) is 5.75 Å². The topological polar surface area (TPSA) is 50.9 Å². The van der Waals surface area contributed by atoms with Gasteiger partial charge >= 0.3 is 0 Å². The van der Waals surface area contributed by atoms with E-state index in [1.807, 2.05) is 0 Å². The predicted octanol–water partition coefficient (Wildman–Crippen LogP) is 3.39. The molecule has 1 N–H and O–H groups in total. The Morgan fingerprint density at radius 2 is 2.24 bits per heavy atom. The maximum Gasteiger partial charge on any atom is 0.137 e. The molecule has 0 spiro atoms. The highest BCUT2D eigenvalue weighted by Gasteiger charge is 2.32. The molecule has 112 valence electrons. The average molecular weight is 344 g/mol. The van der Waals surface area contributed by atoms with Crippen LogP contribution in [-0.2, 0) is 12.1 Å². The molecule has 0 fully saturated rings. The smallest absolute Gasteiger partial charge is 0.137 e. The zero-order chi connectivity index (χ0) is 15.3. The third-order valence-corrected chi connectivity index (χ3v) is 4.60. The van der Waals surface area contributed by atoms with Gasteiger partial charge in [-0.25, -0.2) is 9.67 Å². The van der Waals surface area contributed by atoms with Gasteiger partial charge in [0.2, 0.25) is 0 Å². The van der Waals surface area contributed by atoms with Crippen molar-refractivity contribution in [1.82, 2.24) is 14.8 Å². The summed E-state index contributed by atoms with van der Waals surface area (Å²) in [7, 11) is 0. The molecule has 4 nitrogen and oxygen atoms in total. The Hall–Kier alpha value is -1.01. The van der Waals surface area contributed by atoms with Crippen molar-refractivity contribution in [3.63, 3.8) is 0 Å². The molecule has 0 aliphatic heterocycles. The largest absolute Gasteiger partial charge is 0.382 e. The zero-order valence-corrected chi connectivity index (χ0v) is 13.6. The van der Waals surface area contributed by atoms with Crippen molar-refractivity contribution in [2.24, 2.45) is 0 Å². The van der Waals surface area contributed by atoms with Gasteiger partial charge in [-0.3, -0.25) is 0 Å². The van der Waals surface area contributed by atoms with E-state index in [-0.39, 0.29) is 6.54 Å². The van der Waals surface area contributed by atoms with Crippen molar-refractivity contribution in [3.8, 4) is 0 Å². The number of nitrogens with zero attached hydrogens (tertiary/aromatic N) is 3. The fourth-order valence-electron chi connectivity index (χ4n) is 1.97. The van der Waals surface area contributed by atoms with Crippen molar-refractivity contribution < 1.29 is 5.11 Å². The van der Waals surface area contributed by atoms with Crippen molar-refractivity contribution in [3.05, 3.63) is 59.1 Å². The van der Waals surface area contributed by atoms with Gasteiger partial charge in [-0.15, -0.1) is 6.58 Å². The Morgan fingerprint density at radius 3 is 2.86 bits per heavy atom. The van der Waals surface area contributed by atoms with Crippen LogP contribution in [0.3, 0.4) is 0 Å². The molecule has 21 heavy (non-hydrogen) atoms. The molecule has 0 amide bonds. The first kappa shape index (κ1) is 16.4. The molecule has 2 aromatic rings. The molecule has 1 heterocycles. The minimum atomic E-state index is -1.16. The average Bonchev–Trinajstić information content (AvgIpc) is 2.91. The second-order valence-electron chi connectivity index (χ2n) is 4.55. The fraction of sp³-hybridized carbons (Fsp3) is 0.286. The lowest BCUT2D eigenvalue weighted by molar-refractivity contribution is 0.0398. The minimum absolute atomic E-state index is 0.262. The molecule has 1 aromatic carbocycles. The fourth-order valence-corrected chi connectivity index (χ4v) is 3.42. The molecule has 0 aliphatic carbocycles. The van der Waals surface area contributed by atoms with Gasteiger partial charge in [0.15, 0.2) is 0 Å². The van der Waals surface area contributed by atoms with Gasteiger partial charge < -0.3 is 5.11 Å². The van der Waals surface area contributed by atoms with E-state index >= 15 is 0 Å². The Balaban J connectivity index is 2.31. The van der Waals surface area contributed by atoms with Gasteiger partial charge in [-0.2, -0.15) is 16.9 Å². The maximum absolute atomic E-state index is 11.1. The van der Waals surface area contributed by atoms with Crippen molar-refractivity contribution in [2.45, 2.75) is 12.1 Å². The number of thioether (sulfide) groups is 1. The van der Waals surface area contributed by atoms with Gasteiger partial charge in [0.25, 0.3) is 0 Å². The van der Waals surface area contributed by atoms with Crippen molar-refractivity contribution in [1.29, 1.82) is 0 Å². The molecular formula is C14H15Cl2N3OS. The van der Waals surface area contributed by atoms with Gasteiger partial charge in [-0.05, 0) is 12.1 Å². The van der Waals surface area contributed by atoms with Gasteiger partial charge in [-0.1, -0.05) is 35.3 Å². The lowest BCUT2D eigenvalue weighted by Crippen LogP contribution is -2.35. The molecule has 0 radical (unpaired) electrons. The maximum atomic E-state index is 11.1. The van der Waals surface area contributed by atoms with Crippen LogP contribution in [0.2, 0.25) is 10.0 Å². The summed E-state index contributed by atoms with van der Waals surface area (Å²) in [5.74, 6) is 1.20. The van der Waals surface area contributed by atoms with E-state index in [1.54, 1.807) is 47.0 Å². The first-order valence-corrected chi connectivity index (χ1v) is 8.15. The molecule has 1 unspecified atom stereocenters. The van der Waals surface area contributed by atoms with E-state index in [4.69, 9.17) is 23.2 Å². The zero-order valence-electron chi connectivity index (χ0n) is 11.2. The van der Waals surface area contributed by atoms with Crippen LogP contribution in [0, 0.1) is 0 Å². The van der Waals surface area contributed by atoms with Crippen molar-refractivity contribution >= 4 is 35.0 Å². The highest BCUT2D eigenvalue weighted by Crippen LogP contribution is 2.34. The first-order chi connectivity index (χ1) is 10.0. The molecule has 0 saturated heterocycles. The summed E-state index contributed by atoms with van der Waals surface area (Å²) in [6.07, 6.45) is 4.79. The molecule has 0 bridgehead atoms. The number of hydrogen-bond acceptors (Lipinski definition) is 4. The van der Waals surface area contributed by atoms with E-state index < -0.39 is 5.60 Å². The van der Waals surface area contributed by atoms with Crippen LogP contribution in [0.25, 0.3) is 0 Å². The monoisotopic (exact) mass is 343 g/mol. The number of aliphatic hydroxyl groups is 1. The van der Waals surface area contributed by atoms with Crippen LogP contribution in [-0.4, -0.2) is 31.4 Å². The van der Waals surface area contributed by atoms with Crippen LogP contribution in [0.4, 0.5) is 0 Å². The summed E-state index contributed by atoms with van der Waals surface area (Å²) < 4.78 is 1.58. The molecule has 7 heteroatoms. The Labute approximate surface area is 137 Å². The predicted molar refractivity (Wildman–Crippen MR) is 87.9 cm³/mol. The molecule has 0 aliphatic rings. The minimum Gasteiger partial charge on any atom is -0.382 e. The number of benzene rings is 1. The first-order valence-electron chi connectivity index (χ1n) is 6.24. The molecule has 1 aromatic heterocycles. The molecule has 1 atom stereocenters. The Morgan fingerprint density at radius 1 is 1.43 bits per heavy atom. The number of aromatic nitrogens is 3. The summed E-state index contributed by atoms with van der Waals surface area (Å²) >= 11 is 13.7. The highest BCUT2D eigenvalue weighted by atomic mass is 35.5. The van der Waals surface area contributed by atoms with Crippen LogP contribution < -0.4 is 0 Å².